The molecule has 1 aromatic carbocycles. The van der Waals surface area contributed by atoms with Crippen molar-refractivity contribution in [3.63, 3.8) is 0 Å². The molecular weight excluding hydrogens is 214 g/mol. The van der Waals surface area contributed by atoms with Crippen molar-refractivity contribution in [3.8, 4) is 0 Å². The van der Waals surface area contributed by atoms with Crippen molar-refractivity contribution >= 4 is 23.4 Å². The van der Waals surface area contributed by atoms with Gasteiger partial charge in [0.15, 0.2) is 0 Å². The lowest BCUT2D eigenvalue weighted by Gasteiger charge is -2.26. The summed E-state index contributed by atoms with van der Waals surface area (Å²) in [5.74, 6) is 0. The Morgan fingerprint density at radius 1 is 1.31 bits per heavy atom. The van der Waals surface area contributed by atoms with Gasteiger partial charge in [0.05, 0.1) is 5.49 Å². The highest BCUT2D eigenvalue weighted by Crippen LogP contribution is 2.33. The second-order valence-electron chi connectivity index (χ2n) is 4.73. The molecule has 0 amide bonds. The van der Waals surface area contributed by atoms with Crippen LogP contribution in [-0.2, 0) is 11.8 Å². The van der Waals surface area contributed by atoms with Crippen LogP contribution in [0.4, 0.5) is 5.69 Å². The maximum atomic E-state index is 4.88. The Bertz CT molecular complexity index is 369. The van der Waals surface area contributed by atoms with E-state index >= 15 is 0 Å². The van der Waals surface area contributed by atoms with Crippen LogP contribution in [0.5, 0.6) is 0 Å². The second kappa shape index (κ2) is 5.44. The van der Waals surface area contributed by atoms with E-state index in [1.165, 1.54) is 11.1 Å². The predicted molar refractivity (Wildman–Crippen MR) is 76.4 cm³/mol. The van der Waals surface area contributed by atoms with Crippen molar-refractivity contribution < 1.29 is 0 Å². The molecule has 1 nitrogen and oxygen atoms in total. The molecule has 0 aliphatic rings. The summed E-state index contributed by atoms with van der Waals surface area (Å²) in [5, 5.41) is 3.16. The number of rotatable bonds is 5. The van der Waals surface area contributed by atoms with E-state index in [1.807, 2.05) is 0 Å². The topological polar surface area (TPSA) is 12.0 Å². The van der Waals surface area contributed by atoms with Crippen LogP contribution < -0.4 is 5.32 Å². The Kier molecular flexibility index (Phi) is 4.48. The van der Waals surface area contributed by atoms with Gasteiger partial charge in [-0.05, 0) is 35.4 Å². The van der Waals surface area contributed by atoms with E-state index in [0.29, 0.717) is 0 Å². The third-order valence-electron chi connectivity index (χ3n) is 3.32. The number of anilines is 1. The summed E-state index contributed by atoms with van der Waals surface area (Å²) in [5.41, 5.74) is 5.64. The summed E-state index contributed by atoms with van der Waals surface area (Å²) in [6.07, 6.45) is 2.19. The molecule has 0 fully saturated rings. The first-order valence-electron chi connectivity index (χ1n) is 5.88. The standard InChI is InChI=1S/C14H21NS/c1-5-11-7-8-13(15-10-16)12(9-11)14(3,4)6-2/h7-10H,5-6H2,1-4H3,(H,15,16). The SMILES string of the molecule is CCc1ccc(NC=S)c(C(C)(C)CC)c1. The molecule has 1 N–H and O–H groups in total. The highest BCUT2D eigenvalue weighted by atomic mass is 32.1. The van der Waals surface area contributed by atoms with E-state index in [2.05, 4.69) is 51.2 Å². The minimum absolute atomic E-state index is 0.186. The van der Waals surface area contributed by atoms with Crippen LogP contribution in [0.15, 0.2) is 18.2 Å². The van der Waals surface area contributed by atoms with Crippen LogP contribution in [-0.4, -0.2) is 5.49 Å². The molecule has 16 heavy (non-hydrogen) atoms. The van der Waals surface area contributed by atoms with Crippen molar-refractivity contribution in [2.45, 2.75) is 46.0 Å². The van der Waals surface area contributed by atoms with Gasteiger partial charge in [-0.25, -0.2) is 0 Å². The fourth-order valence-corrected chi connectivity index (χ4v) is 1.88. The van der Waals surface area contributed by atoms with Crippen LogP contribution >= 0.6 is 12.2 Å². The molecule has 0 aliphatic heterocycles. The molecule has 0 heterocycles. The highest BCUT2D eigenvalue weighted by Gasteiger charge is 2.21. The van der Waals surface area contributed by atoms with Gasteiger partial charge in [-0.3, -0.25) is 0 Å². The van der Waals surface area contributed by atoms with E-state index in [4.69, 9.17) is 12.2 Å². The van der Waals surface area contributed by atoms with E-state index in [1.54, 1.807) is 5.49 Å². The van der Waals surface area contributed by atoms with Crippen molar-refractivity contribution in [3.05, 3.63) is 29.3 Å². The van der Waals surface area contributed by atoms with Crippen LogP contribution in [0, 0.1) is 0 Å². The van der Waals surface area contributed by atoms with Gasteiger partial charge in [0, 0.05) is 5.69 Å². The first kappa shape index (κ1) is 13.2. The minimum atomic E-state index is 0.186. The van der Waals surface area contributed by atoms with Gasteiger partial charge in [-0.15, -0.1) is 0 Å². The number of nitrogens with one attached hydrogen (secondary N) is 1. The number of hydrogen-bond acceptors (Lipinski definition) is 1. The Balaban J connectivity index is 3.24. The van der Waals surface area contributed by atoms with Crippen molar-refractivity contribution in [2.24, 2.45) is 0 Å². The lowest BCUT2D eigenvalue weighted by atomic mass is 9.80. The monoisotopic (exact) mass is 235 g/mol. The zero-order valence-electron chi connectivity index (χ0n) is 10.6. The van der Waals surface area contributed by atoms with Gasteiger partial charge in [0.1, 0.15) is 0 Å². The number of hydrogen-bond donors (Lipinski definition) is 1. The molecule has 0 saturated carbocycles. The first-order chi connectivity index (χ1) is 7.55. The second-order valence-corrected chi connectivity index (χ2v) is 4.97. The molecule has 0 radical (unpaired) electrons. The number of aryl methyl sites for hydroxylation is 1. The van der Waals surface area contributed by atoms with Crippen molar-refractivity contribution in [2.75, 3.05) is 5.32 Å². The summed E-state index contributed by atoms with van der Waals surface area (Å²) in [7, 11) is 0. The molecule has 0 saturated heterocycles. The molecule has 0 aromatic heterocycles. The van der Waals surface area contributed by atoms with Crippen molar-refractivity contribution in [1.29, 1.82) is 0 Å². The quantitative estimate of drug-likeness (QED) is 0.763. The van der Waals surface area contributed by atoms with Gasteiger partial charge < -0.3 is 5.32 Å². The molecule has 0 spiro atoms. The lowest BCUT2D eigenvalue weighted by Crippen LogP contribution is -2.18. The number of thiocarbonyl (C=S) groups is 1. The zero-order valence-corrected chi connectivity index (χ0v) is 11.4. The molecule has 0 atom stereocenters. The molecule has 1 rings (SSSR count). The number of benzene rings is 1. The summed E-state index contributed by atoms with van der Waals surface area (Å²) in [6, 6.07) is 6.59. The molecule has 0 bridgehead atoms. The Morgan fingerprint density at radius 3 is 2.50 bits per heavy atom. The van der Waals surface area contributed by atoms with Crippen LogP contribution in [0.25, 0.3) is 0 Å². The molecule has 88 valence electrons. The van der Waals surface area contributed by atoms with Gasteiger partial charge in [-0.1, -0.05) is 52.0 Å². The Morgan fingerprint density at radius 2 is 2.00 bits per heavy atom. The first-order valence-corrected chi connectivity index (χ1v) is 6.36. The largest absolute Gasteiger partial charge is 0.352 e. The summed E-state index contributed by atoms with van der Waals surface area (Å²) in [6.45, 7) is 8.96. The maximum Gasteiger partial charge on any atom is 0.0659 e. The summed E-state index contributed by atoms with van der Waals surface area (Å²) >= 11 is 4.88. The van der Waals surface area contributed by atoms with Gasteiger partial charge in [-0.2, -0.15) is 0 Å². The average Bonchev–Trinajstić information content (AvgIpc) is 2.30. The molecule has 2 heteroatoms. The van der Waals surface area contributed by atoms with Gasteiger partial charge in [0.2, 0.25) is 0 Å². The zero-order chi connectivity index (χ0) is 12.2. The third-order valence-corrected chi connectivity index (χ3v) is 3.44. The lowest BCUT2D eigenvalue weighted by molar-refractivity contribution is 0.507. The fourth-order valence-electron chi connectivity index (χ4n) is 1.75. The minimum Gasteiger partial charge on any atom is -0.352 e. The van der Waals surface area contributed by atoms with E-state index in [-0.39, 0.29) is 5.41 Å². The smallest absolute Gasteiger partial charge is 0.0659 e. The van der Waals surface area contributed by atoms with Gasteiger partial charge >= 0.3 is 0 Å². The van der Waals surface area contributed by atoms with Gasteiger partial charge in [0.25, 0.3) is 0 Å². The Hall–Kier alpha value is -0.890. The van der Waals surface area contributed by atoms with Crippen molar-refractivity contribution in [1.82, 2.24) is 0 Å². The molecule has 0 aliphatic carbocycles. The Labute approximate surface area is 104 Å². The predicted octanol–water partition coefficient (Wildman–Crippen LogP) is 4.31. The fraction of sp³-hybridized carbons (Fsp3) is 0.500. The normalized spacial score (nSPS) is 11.2. The summed E-state index contributed by atoms with van der Waals surface area (Å²) < 4.78 is 0. The van der Waals surface area contributed by atoms with Crippen LogP contribution in [0.3, 0.4) is 0 Å². The molecule has 1 aromatic rings. The maximum absolute atomic E-state index is 4.88. The third kappa shape index (κ3) is 2.82. The van der Waals surface area contributed by atoms with E-state index in [9.17, 15) is 0 Å². The van der Waals surface area contributed by atoms with Crippen LogP contribution in [0.2, 0.25) is 0 Å². The molecule has 0 unspecified atom stereocenters. The molecular formula is C14H21NS. The van der Waals surface area contributed by atoms with E-state index < -0.39 is 0 Å². The van der Waals surface area contributed by atoms with E-state index in [0.717, 1.165) is 18.5 Å². The summed E-state index contributed by atoms with van der Waals surface area (Å²) in [4.78, 5) is 0. The van der Waals surface area contributed by atoms with Crippen LogP contribution in [0.1, 0.15) is 45.2 Å². The average molecular weight is 235 g/mol. The highest BCUT2D eigenvalue weighted by molar-refractivity contribution is 7.79.